The van der Waals surface area contributed by atoms with Crippen molar-refractivity contribution in [1.29, 1.82) is 0 Å². The van der Waals surface area contributed by atoms with E-state index in [4.69, 9.17) is 9.90 Å². The third kappa shape index (κ3) is 10.2. The number of aliphatic carboxylic acids is 1. The standard InChI is InChI=1S/C12H18N.C3H4O2.ClH.Na/c1-5-12(13(2,3)4)11-9-7-6-8-10-11;1-2-3(4)5;;/h5-10,12H,1H2,2-4H3;2H,1H2,(H,4,5);1H;/q+1;;;+1/p-2. The molecule has 0 N–H and O–H groups in total. The van der Waals surface area contributed by atoms with E-state index in [1.54, 1.807) is 0 Å². The number of quaternary nitrogens is 1. The van der Waals surface area contributed by atoms with Crippen LogP contribution >= 0.6 is 0 Å². The van der Waals surface area contributed by atoms with Crippen LogP contribution in [0.5, 0.6) is 0 Å². The Morgan fingerprint density at radius 1 is 1.20 bits per heavy atom. The number of benzene rings is 1. The van der Waals surface area contributed by atoms with Gasteiger partial charge in [0.05, 0.1) is 27.1 Å². The average molecular weight is 306 g/mol. The summed E-state index contributed by atoms with van der Waals surface area (Å²) in [6, 6.07) is 10.9. The summed E-state index contributed by atoms with van der Waals surface area (Å²) >= 11 is 0. The maximum absolute atomic E-state index is 9.14. The van der Waals surface area contributed by atoms with E-state index < -0.39 is 5.97 Å². The van der Waals surface area contributed by atoms with Gasteiger partial charge in [0.1, 0.15) is 6.04 Å². The summed E-state index contributed by atoms with van der Waals surface area (Å²) in [5, 5.41) is 9.14. The molecule has 0 heterocycles. The first kappa shape index (κ1) is 24.4. The molecule has 0 bridgehead atoms. The first-order valence-corrected chi connectivity index (χ1v) is 5.65. The topological polar surface area (TPSA) is 40.1 Å². The van der Waals surface area contributed by atoms with Crippen molar-refractivity contribution in [3.05, 3.63) is 61.2 Å². The molecule has 20 heavy (non-hydrogen) atoms. The van der Waals surface area contributed by atoms with E-state index >= 15 is 0 Å². The van der Waals surface area contributed by atoms with E-state index in [1.807, 2.05) is 12.1 Å². The van der Waals surface area contributed by atoms with Crippen LogP contribution in [0.25, 0.3) is 0 Å². The van der Waals surface area contributed by atoms with Crippen LogP contribution in [0.15, 0.2) is 55.6 Å². The molecule has 0 aromatic heterocycles. The van der Waals surface area contributed by atoms with Crippen molar-refractivity contribution in [2.24, 2.45) is 0 Å². The van der Waals surface area contributed by atoms with Crippen LogP contribution in [0.1, 0.15) is 11.6 Å². The van der Waals surface area contributed by atoms with Crippen molar-refractivity contribution in [1.82, 2.24) is 0 Å². The van der Waals surface area contributed by atoms with Crippen LogP contribution in [-0.2, 0) is 4.79 Å². The van der Waals surface area contributed by atoms with Gasteiger partial charge in [-0.2, -0.15) is 0 Å². The smallest absolute Gasteiger partial charge is 1.00 e. The van der Waals surface area contributed by atoms with Gasteiger partial charge in [-0.05, 0) is 12.2 Å². The summed E-state index contributed by atoms with van der Waals surface area (Å²) in [5.74, 6) is -1.23. The first-order chi connectivity index (χ1) is 8.32. The van der Waals surface area contributed by atoms with Gasteiger partial charge in [0.2, 0.25) is 0 Å². The predicted molar refractivity (Wildman–Crippen MR) is 72.6 cm³/mol. The van der Waals surface area contributed by atoms with E-state index in [0.717, 1.165) is 10.6 Å². The molecule has 1 aromatic carbocycles. The summed E-state index contributed by atoms with van der Waals surface area (Å²) in [6.45, 7) is 6.79. The molecule has 1 unspecified atom stereocenters. The number of carboxylic acid groups (broad SMARTS) is 1. The van der Waals surface area contributed by atoms with Crippen molar-refractivity contribution in [3.8, 4) is 0 Å². The first-order valence-electron chi connectivity index (χ1n) is 5.65. The summed E-state index contributed by atoms with van der Waals surface area (Å²) in [5.41, 5.74) is 1.32. The van der Waals surface area contributed by atoms with E-state index in [0.29, 0.717) is 6.04 Å². The minimum atomic E-state index is -1.23. The molecular weight excluding hydrogens is 285 g/mol. The van der Waals surface area contributed by atoms with Gasteiger partial charge in [-0.25, -0.2) is 0 Å². The Bertz CT molecular complexity index is 402. The van der Waals surface area contributed by atoms with Gasteiger partial charge < -0.3 is 26.8 Å². The van der Waals surface area contributed by atoms with Crippen molar-refractivity contribution < 1.29 is 56.3 Å². The monoisotopic (exact) mass is 305 g/mol. The minimum Gasteiger partial charge on any atom is -1.00 e. The van der Waals surface area contributed by atoms with Gasteiger partial charge in [0.15, 0.2) is 0 Å². The Morgan fingerprint density at radius 3 is 1.85 bits per heavy atom. The molecule has 0 saturated carbocycles. The van der Waals surface area contributed by atoms with E-state index in [9.17, 15) is 0 Å². The number of hydrogen-bond donors (Lipinski definition) is 0. The Labute approximate surface area is 150 Å². The summed E-state index contributed by atoms with van der Waals surface area (Å²) in [7, 11) is 6.54. The number of likely N-dealkylation sites (N-methyl/N-ethyl adjacent to an activating group) is 1. The number of halogens is 1. The number of hydrogen-bond acceptors (Lipinski definition) is 2. The molecule has 0 spiro atoms. The number of carbonyl (C=O) groups excluding carboxylic acids is 1. The molecule has 0 aliphatic heterocycles. The molecule has 1 atom stereocenters. The van der Waals surface area contributed by atoms with Crippen molar-refractivity contribution in [2.45, 2.75) is 6.04 Å². The Hall–Kier alpha value is -0.580. The van der Waals surface area contributed by atoms with Gasteiger partial charge in [-0.3, -0.25) is 0 Å². The molecule has 0 aliphatic rings. The fourth-order valence-electron chi connectivity index (χ4n) is 1.55. The third-order valence-electron chi connectivity index (χ3n) is 2.37. The Balaban J connectivity index is -0.000000361. The van der Waals surface area contributed by atoms with E-state index in [1.165, 1.54) is 5.56 Å². The fraction of sp³-hybridized carbons (Fsp3) is 0.267. The SMILES string of the molecule is C=CC(=O)[O-].C=CC(c1ccccc1)[N+](C)(C)C.[Cl-].[Na+]. The largest absolute Gasteiger partial charge is 1.00 e. The molecule has 5 heteroatoms. The molecule has 0 fully saturated rings. The number of carboxylic acids is 1. The third-order valence-corrected chi connectivity index (χ3v) is 2.37. The second kappa shape index (κ2) is 12.2. The molecule has 0 radical (unpaired) electrons. The summed E-state index contributed by atoms with van der Waals surface area (Å²) in [6.07, 6.45) is 2.73. The quantitative estimate of drug-likeness (QED) is 0.244. The van der Waals surface area contributed by atoms with Crippen LogP contribution in [0.4, 0.5) is 0 Å². The van der Waals surface area contributed by atoms with Crippen LogP contribution in [0.2, 0.25) is 0 Å². The van der Waals surface area contributed by atoms with Crippen molar-refractivity contribution in [3.63, 3.8) is 0 Å². The van der Waals surface area contributed by atoms with Gasteiger partial charge in [-0.15, -0.1) is 0 Å². The number of nitrogens with zero attached hydrogens (tertiary/aromatic N) is 1. The zero-order valence-corrected chi connectivity index (χ0v) is 15.4. The van der Waals surface area contributed by atoms with E-state index in [-0.39, 0.29) is 42.0 Å². The van der Waals surface area contributed by atoms with Gasteiger partial charge in [0, 0.05) is 5.56 Å². The molecule has 1 rings (SSSR count). The number of rotatable bonds is 4. The molecule has 3 nitrogen and oxygen atoms in total. The maximum Gasteiger partial charge on any atom is 1.00 e. The molecule has 0 aliphatic carbocycles. The average Bonchev–Trinajstić information content (AvgIpc) is 2.30. The van der Waals surface area contributed by atoms with E-state index in [2.05, 4.69) is 58.6 Å². The Kier molecular flexibility index (Phi) is 14.9. The van der Waals surface area contributed by atoms with Crippen molar-refractivity contribution in [2.75, 3.05) is 21.1 Å². The molecule has 0 amide bonds. The van der Waals surface area contributed by atoms with Crippen molar-refractivity contribution >= 4 is 5.97 Å². The van der Waals surface area contributed by atoms with Crippen LogP contribution < -0.4 is 47.1 Å². The fourth-order valence-corrected chi connectivity index (χ4v) is 1.55. The molecule has 106 valence electrons. The molecule has 1 aromatic rings. The van der Waals surface area contributed by atoms with Gasteiger partial charge >= 0.3 is 29.6 Å². The minimum absolute atomic E-state index is 0. The summed E-state index contributed by atoms with van der Waals surface area (Å²) < 4.78 is 0.882. The van der Waals surface area contributed by atoms with Gasteiger partial charge in [0.25, 0.3) is 0 Å². The van der Waals surface area contributed by atoms with Crippen LogP contribution in [-0.4, -0.2) is 31.6 Å². The zero-order valence-electron chi connectivity index (χ0n) is 12.7. The van der Waals surface area contributed by atoms with Crippen LogP contribution in [0.3, 0.4) is 0 Å². The van der Waals surface area contributed by atoms with Crippen LogP contribution in [0, 0.1) is 0 Å². The predicted octanol–water partition coefficient (Wildman–Crippen LogP) is -4.45. The second-order valence-corrected chi connectivity index (χ2v) is 4.73. The zero-order chi connectivity index (χ0) is 14.2. The summed E-state index contributed by atoms with van der Waals surface area (Å²) in [4.78, 5) is 9.14. The normalized spacial score (nSPS) is 10.6. The Morgan fingerprint density at radius 2 is 1.60 bits per heavy atom. The molecule has 0 saturated heterocycles. The second-order valence-electron chi connectivity index (χ2n) is 4.73. The van der Waals surface area contributed by atoms with Gasteiger partial charge in [-0.1, -0.05) is 43.5 Å². The number of carbonyl (C=O) groups is 1. The molecular formula is C15H21ClNNaO2. The maximum atomic E-state index is 9.14.